The zero-order valence-electron chi connectivity index (χ0n) is 53.2. The van der Waals surface area contributed by atoms with E-state index < -0.39 is 11.1 Å². The summed E-state index contributed by atoms with van der Waals surface area (Å²) >= 11 is 0. The highest BCUT2D eigenvalue weighted by atomic mass is 16.5. The Morgan fingerprint density at radius 1 is 0.383 bits per heavy atom. The van der Waals surface area contributed by atoms with E-state index in [1.807, 2.05) is 0 Å². The molecular weight excluding hydrogens is 997 g/mol. The van der Waals surface area contributed by atoms with E-state index in [4.69, 9.17) is 28.7 Å². The van der Waals surface area contributed by atoms with Crippen LogP contribution in [0, 0.1) is 0 Å². The number of anilines is 1. The molecule has 0 aliphatic carbocycles. The van der Waals surface area contributed by atoms with E-state index in [1.54, 1.807) is 0 Å². The highest BCUT2D eigenvalue weighted by Gasteiger charge is 2.58. The Balaban J connectivity index is 1.31. The topological polar surface area (TPSA) is 61.8 Å². The van der Waals surface area contributed by atoms with Gasteiger partial charge in [0.05, 0.1) is 38.1 Å². The summed E-state index contributed by atoms with van der Waals surface area (Å²) in [6.07, 6.45) is 53.6. The van der Waals surface area contributed by atoms with Crippen molar-refractivity contribution in [1.29, 1.82) is 0 Å². The monoisotopic (exact) mass is 1110 g/mol. The van der Waals surface area contributed by atoms with Crippen LogP contribution in [-0.2, 0) is 5.41 Å². The van der Waals surface area contributed by atoms with Gasteiger partial charge in [-0.15, -0.1) is 0 Å². The molecule has 0 saturated heterocycles. The molecule has 7 nitrogen and oxygen atoms in total. The first kappa shape index (κ1) is 66.0. The quantitative estimate of drug-likeness (QED) is 0.0324. The van der Waals surface area contributed by atoms with Crippen LogP contribution in [0.25, 0.3) is 21.5 Å². The minimum Gasteiger partial charge on any atom is -0.490 e. The van der Waals surface area contributed by atoms with Gasteiger partial charge in [-0.05, 0) is 86.2 Å². The second-order valence-corrected chi connectivity index (χ2v) is 25.2. The Morgan fingerprint density at radius 2 is 0.679 bits per heavy atom. The first-order valence-corrected chi connectivity index (χ1v) is 34.5. The van der Waals surface area contributed by atoms with Crippen molar-refractivity contribution < 1.29 is 23.7 Å². The number of hydrogen-bond donors (Lipinski definition) is 0. The van der Waals surface area contributed by atoms with Crippen LogP contribution in [0.3, 0.4) is 0 Å². The van der Waals surface area contributed by atoms with Crippen LogP contribution in [-0.4, -0.2) is 45.4 Å². The van der Waals surface area contributed by atoms with Crippen LogP contribution < -0.4 is 28.6 Å². The lowest BCUT2D eigenvalue weighted by Crippen LogP contribution is -2.61. The molecule has 6 rings (SSSR count). The smallest absolute Gasteiger partial charge is 0.228 e. The lowest BCUT2D eigenvalue weighted by molar-refractivity contribution is 0.0843. The number of aliphatic imine (C=N–C) groups is 1. The number of ether oxygens (including phenoxy) is 5. The molecule has 81 heavy (non-hydrogen) atoms. The third-order valence-corrected chi connectivity index (χ3v) is 18.2. The van der Waals surface area contributed by atoms with Gasteiger partial charge >= 0.3 is 0 Å². The number of likely N-dealkylation sites (N-methyl/N-ethyl adjacent to an activating group) is 1. The van der Waals surface area contributed by atoms with E-state index in [1.165, 1.54) is 237 Å². The van der Waals surface area contributed by atoms with Crippen LogP contribution in [0.15, 0.2) is 53.5 Å². The SMILES string of the molecule is CCCCCCCCCCCCOc1cc2c3c(c4cc(OCCCCCCCCCCCC)c(OCCCCCCCCCCCC)cc4c2cc1OCCCCCCCCCCCC)OC1(C=N3)N(C)c2ccccc2C1(C)C. The van der Waals surface area contributed by atoms with Crippen molar-refractivity contribution in [3.8, 4) is 28.7 Å². The van der Waals surface area contributed by atoms with Crippen LogP contribution in [0.4, 0.5) is 11.4 Å². The first-order chi connectivity index (χ1) is 39.8. The molecule has 0 aromatic heterocycles. The fourth-order valence-corrected chi connectivity index (χ4v) is 12.8. The number of rotatable bonds is 48. The molecule has 0 radical (unpaired) electrons. The third-order valence-electron chi connectivity index (χ3n) is 18.2. The van der Waals surface area contributed by atoms with Crippen molar-refractivity contribution in [2.45, 2.75) is 310 Å². The molecule has 2 aliphatic heterocycles. The van der Waals surface area contributed by atoms with E-state index in [-0.39, 0.29) is 0 Å². The van der Waals surface area contributed by atoms with Gasteiger partial charge < -0.3 is 28.6 Å². The maximum absolute atomic E-state index is 7.69. The molecule has 0 bridgehead atoms. The van der Waals surface area contributed by atoms with E-state index in [0.717, 1.165) is 87.4 Å². The van der Waals surface area contributed by atoms with E-state index >= 15 is 0 Å². The Hall–Kier alpha value is -4.13. The molecule has 2 heterocycles. The summed E-state index contributed by atoms with van der Waals surface area (Å²) in [6.45, 7) is 16.4. The van der Waals surface area contributed by atoms with E-state index in [0.29, 0.717) is 26.4 Å². The second kappa shape index (κ2) is 37.9. The van der Waals surface area contributed by atoms with Crippen LogP contribution in [0.2, 0.25) is 0 Å². The van der Waals surface area contributed by atoms with Gasteiger partial charge in [-0.1, -0.05) is 277 Å². The molecule has 0 amide bonds. The Bertz CT molecular complexity index is 2370. The molecule has 1 unspecified atom stereocenters. The highest BCUT2D eigenvalue weighted by molar-refractivity contribution is 6.19. The van der Waals surface area contributed by atoms with E-state index in [2.05, 4.69) is 108 Å². The number of para-hydroxylation sites is 1. The summed E-state index contributed by atoms with van der Waals surface area (Å²) in [5.74, 6) is 3.97. The van der Waals surface area contributed by atoms with Crippen molar-refractivity contribution in [3.05, 3.63) is 54.1 Å². The number of nitrogens with zero attached hydrogens (tertiary/aromatic N) is 2. The number of unbranched alkanes of at least 4 members (excludes halogenated alkanes) is 36. The molecule has 2 aliphatic rings. The van der Waals surface area contributed by atoms with Gasteiger partial charge in [0.25, 0.3) is 0 Å². The summed E-state index contributed by atoms with van der Waals surface area (Å²) in [5.41, 5.74) is 1.97. The van der Waals surface area contributed by atoms with Crippen LogP contribution in [0.5, 0.6) is 28.7 Å². The minimum atomic E-state index is -0.862. The standard InChI is InChI=1S/C74H118N2O5/c1-8-12-16-20-24-28-32-36-40-46-52-77-67-56-61-62-57-68(78-53-47-41-37-33-29-25-21-17-13-9-2)70(80-55-49-43-39-35-31-27-23-19-15-11-4)59-64(62)72-71(63(61)58-69(67)79-54-48-42-38-34-30-26-22-18-14-10-3)75-60-74(81-72)73(5,6)65-50-44-45-51-66(65)76(74)7/h44-45,50-51,56-60H,8-43,46-49,52-55H2,1-7H3. The molecular formula is C74H118N2O5. The summed E-state index contributed by atoms with van der Waals surface area (Å²) in [4.78, 5) is 7.83. The lowest BCUT2D eigenvalue weighted by Gasteiger charge is -2.45. The largest absolute Gasteiger partial charge is 0.490 e. The predicted molar refractivity (Wildman–Crippen MR) is 350 cm³/mol. The van der Waals surface area contributed by atoms with Crippen LogP contribution >= 0.6 is 0 Å². The van der Waals surface area contributed by atoms with Gasteiger partial charge in [-0.25, -0.2) is 0 Å². The average Bonchev–Trinajstić information content (AvgIpc) is 3.57. The maximum atomic E-state index is 7.69. The molecule has 4 aromatic rings. The summed E-state index contributed by atoms with van der Waals surface area (Å²) in [5, 5.41) is 4.11. The number of benzene rings is 4. The van der Waals surface area contributed by atoms with Crippen molar-refractivity contribution in [3.63, 3.8) is 0 Å². The zero-order valence-corrected chi connectivity index (χ0v) is 53.2. The third kappa shape index (κ3) is 20.3. The minimum absolute atomic E-state index is 0.413. The molecule has 1 atom stereocenters. The van der Waals surface area contributed by atoms with E-state index in [9.17, 15) is 0 Å². The van der Waals surface area contributed by atoms with Crippen molar-refractivity contribution in [2.75, 3.05) is 38.4 Å². The fraction of sp³-hybridized carbons (Fsp3) is 0.716. The molecule has 1 spiro atoms. The van der Waals surface area contributed by atoms with Crippen molar-refractivity contribution in [1.82, 2.24) is 0 Å². The van der Waals surface area contributed by atoms with Gasteiger partial charge in [0.15, 0.2) is 28.7 Å². The molecule has 454 valence electrons. The van der Waals surface area contributed by atoms with Crippen molar-refractivity contribution >= 4 is 39.1 Å². The van der Waals surface area contributed by atoms with Gasteiger partial charge in [0.1, 0.15) is 5.69 Å². The zero-order chi connectivity index (χ0) is 57.2. The predicted octanol–water partition coefficient (Wildman–Crippen LogP) is 23.4. The lowest BCUT2D eigenvalue weighted by atomic mass is 9.77. The first-order valence-electron chi connectivity index (χ1n) is 34.5. The van der Waals surface area contributed by atoms with Crippen molar-refractivity contribution in [2.24, 2.45) is 4.99 Å². The Morgan fingerprint density at radius 3 is 1.02 bits per heavy atom. The summed E-state index contributed by atoms with van der Waals surface area (Å²) in [7, 11) is 2.16. The van der Waals surface area contributed by atoms with Gasteiger partial charge in [-0.2, -0.15) is 0 Å². The molecule has 0 saturated carbocycles. The molecule has 7 heteroatoms. The Labute approximate surface area is 496 Å². The molecule has 0 N–H and O–H groups in total. The fourth-order valence-electron chi connectivity index (χ4n) is 12.8. The van der Waals surface area contributed by atoms with Gasteiger partial charge in [0.2, 0.25) is 5.72 Å². The van der Waals surface area contributed by atoms with Gasteiger partial charge in [-0.3, -0.25) is 4.99 Å². The second-order valence-electron chi connectivity index (χ2n) is 25.2. The number of hydrogen-bond acceptors (Lipinski definition) is 7. The highest BCUT2D eigenvalue weighted by Crippen LogP contribution is 2.57. The van der Waals surface area contributed by atoms with Gasteiger partial charge in [0, 0.05) is 23.5 Å². The molecule has 4 aromatic carbocycles. The Kier molecular flexibility index (Phi) is 30.9. The normalized spacial score (nSPS) is 15.2. The summed E-state index contributed by atoms with van der Waals surface area (Å²) < 4.78 is 35.2. The maximum Gasteiger partial charge on any atom is 0.228 e. The van der Waals surface area contributed by atoms with Crippen LogP contribution in [0.1, 0.15) is 304 Å². The average molecular weight is 1120 g/mol. The number of fused-ring (bicyclic) bond motifs is 7. The molecule has 0 fully saturated rings. The summed E-state index contributed by atoms with van der Waals surface area (Å²) in [6, 6.07) is 17.7.